The molecule has 0 bridgehead atoms. The summed E-state index contributed by atoms with van der Waals surface area (Å²) in [5, 5.41) is 6.50. The van der Waals surface area contributed by atoms with Crippen molar-refractivity contribution in [2.75, 3.05) is 0 Å². The van der Waals surface area contributed by atoms with Crippen LogP contribution in [0.25, 0.3) is 111 Å². The number of fused-ring (bicyclic) bond motifs is 6. The van der Waals surface area contributed by atoms with Gasteiger partial charge in [0.2, 0.25) is 0 Å². The molecule has 0 amide bonds. The second-order valence-electron chi connectivity index (χ2n) is 14.4. The number of furan rings is 1. The van der Waals surface area contributed by atoms with Crippen molar-refractivity contribution in [1.29, 1.82) is 0 Å². The number of hydrogen-bond donors (Lipinski definition) is 0. The minimum atomic E-state index is 0.586. The second-order valence-corrected chi connectivity index (χ2v) is 14.4. The molecular weight excluding hydrogens is 695 g/mol. The summed E-state index contributed by atoms with van der Waals surface area (Å²) in [5.41, 5.74) is 11.2. The maximum absolute atomic E-state index is 6.78. The van der Waals surface area contributed by atoms with Crippen molar-refractivity contribution in [3.63, 3.8) is 0 Å². The summed E-state index contributed by atoms with van der Waals surface area (Å²) in [7, 11) is 0. The first-order valence-electron chi connectivity index (χ1n) is 19.2. The van der Waals surface area contributed by atoms with E-state index in [0.717, 1.165) is 77.2 Å². The molecule has 57 heavy (non-hydrogen) atoms. The zero-order valence-electron chi connectivity index (χ0n) is 30.8. The van der Waals surface area contributed by atoms with Crippen molar-refractivity contribution in [3.05, 3.63) is 200 Å². The molecular formula is C53H33N3O. The molecule has 0 radical (unpaired) electrons. The van der Waals surface area contributed by atoms with E-state index in [2.05, 4.69) is 188 Å². The Hall–Kier alpha value is -7.69. The summed E-state index contributed by atoms with van der Waals surface area (Å²) < 4.78 is 6.78. The van der Waals surface area contributed by atoms with Gasteiger partial charge in [0.15, 0.2) is 17.5 Å². The van der Waals surface area contributed by atoms with E-state index in [9.17, 15) is 0 Å². The number of hydrogen-bond acceptors (Lipinski definition) is 4. The van der Waals surface area contributed by atoms with Gasteiger partial charge >= 0.3 is 0 Å². The predicted molar refractivity (Wildman–Crippen MR) is 235 cm³/mol. The lowest BCUT2D eigenvalue weighted by Gasteiger charge is -2.12. The van der Waals surface area contributed by atoms with Crippen LogP contribution < -0.4 is 0 Å². The van der Waals surface area contributed by atoms with Crippen molar-refractivity contribution in [2.24, 2.45) is 0 Å². The molecule has 0 atom stereocenters. The Bertz CT molecular complexity index is 3160. The average Bonchev–Trinajstić information content (AvgIpc) is 3.68. The molecule has 0 aliphatic heterocycles. The summed E-state index contributed by atoms with van der Waals surface area (Å²) in [6, 6.07) is 69.9. The van der Waals surface area contributed by atoms with E-state index < -0.39 is 0 Å². The van der Waals surface area contributed by atoms with Crippen LogP contribution in [-0.4, -0.2) is 15.0 Å². The van der Waals surface area contributed by atoms with Crippen LogP contribution in [0.5, 0.6) is 0 Å². The van der Waals surface area contributed by atoms with Crippen molar-refractivity contribution in [3.8, 4) is 67.5 Å². The Labute approximate surface area is 329 Å². The Morgan fingerprint density at radius 1 is 0.298 bits per heavy atom. The fraction of sp³-hybridized carbons (Fsp3) is 0. The molecule has 266 valence electrons. The summed E-state index contributed by atoms with van der Waals surface area (Å²) in [6.45, 7) is 0. The maximum Gasteiger partial charge on any atom is 0.164 e. The molecule has 2 aromatic heterocycles. The van der Waals surface area contributed by atoms with Crippen LogP contribution in [0.3, 0.4) is 0 Å². The number of nitrogens with zero attached hydrogens (tertiary/aromatic N) is 3. The van der Waals surface area contributed by atoms with E-state index in [4.69, 9.17) is 19.4 Å². The van der Waals surface area contributed by atoms with E-state index in [1.807, 2.05) is 12.1 Å². The van der Waals surface area contributed by atoms with Gasteiger partial charge in [-0.2, -0.15) is 0 Å². The number of rotatable bonds is 6. The second kappa shape index (κ2) is 13.6. The summed E-state index contributed by atoms with van der Waals surface area (Å²) in [5.74, 6) is 1.79. The van der Waals surface area contributed by atoms with Gasteiger partial charge in [-0.25, -0.2) is 15.0 Å². The maximum atomic E-state index is 6.78. The lowest BCUT2D eigenvalue weighted by atomic mass is 9.95. The van der Waals surface area contributed by atoms with Gasteiger partial charge in [0, 0.05) is 32.8 Å². The normalized spacial score (nSPS) is 11.5. The minimum absolute atomic E-state index is 0.586. The van der Waals surface area contributed by atoms with Gasteiger partial charge in [0.05, 0.1) is 0 Å². The third-order valence-corrected chi connectivity index (χ3v) is 10.9. The molecule has 0 spiro atoms. The fourth-order valence-electron chi connectivity index (χ4n) is 8.07. The molecule has 9 aromatic carbocycles. The molecule has 11 aromatic rings. The standard InChI is InChI=1S/C53H33N3O/c1-3-12-34(13-4-1)36-22-26-39(27-23-36)51-54-52(40-28-24-37(25-29-40)35-14-5-2-6-15-35)56-53(55-51)47-33-41-17-8-10-20-45(41)50-49(47)46-32-42(30-31-48(46)57-50)44-21-11-18-38-16-7-9-19-43(38)44/h1-33H. The predicted octanol–water partition coefficient (Wildman–Crippen LogP) is 14.1. The zero-order valence-corrected chi connectivity index (χ0v) is 30.8. The van der Waals surface area contributed by atoms with Crippen LogP contribution >= 0.6 is 0 Å². The highest BCUT2D eigenvalue weighted by atomic mass is 16.3. The molecule has 0 fully saturated rings. The fourth-order valence-corrected chi connectivity index (χ4v) is 8.07. The van der Waals surface area contributed by atoms with Gasteiger partial charge in [-0.15, -0.1) is 0 Å². The van der Waals surface area contributed by atoms with E-state index in [-0.39, 0.29) is 0 Å². The van der Waals surface area contributed by atoms with Crippen LogP contribution in [-0.2, 0) is 0 Å². The molecule has 0 N–H and O–H groups in total. The van der Waals surface area contributed by atoms with Gasteiger partial charge < -0.3 is 4.42 Å². The summed E-state index contributed by atoms with van der Waals surface area (Å²) in [4.78, 5) is 15.7. The van der Waals surface area contributed by atoms with Gasteiger partial charge in [-0.3, -0.25) is 0 Å². The SMILES string of the molecule is c1ccc(-c2ccc(-c3nc(-c4ccc(-c5ccccc5)cc4)nc(-c4cc5ccccc5c5oc6ccc(-c7cccc8ccccc78)cc6c45)n3)cc2)cc1. The molecule has 4 nitrogen and oxygen atoms in total. The minimum Gasteiger partial charge on any atom is -0.455 e. The summed E-state index contributed by atoms with van der Waals surface area (Å²) in [6.07, 6.45) is 0. The molecule has 0 aliphatic carbocycles. The van der Waals surface area contributed by atoms with Crippen molar-refractivity contribution >= 4 is 43.5 Å². The van der Waals surface area contributed by atoms with Crippen LogP contribution in [0, 0.1) is 0 Å². The third kappa shape index (κ3) is 5.83. The van der Waals surface area contributed by atoms with Crippen LogP contribution in [0.15, 0.2) is 205 Å². The molecule has 0 saturated carbocycles. The quantitative estimate of drug-likeness (QED) is 0.171. The Morgan fingerprint density at radius 3 is 1.44 bits per heavy atom. The highest BCUT2D eigenvalue weighted by molar-refractivity contribution is 6.21. The van der Waals surface area contributed by atoms with Gasteiger partial charge in [-0.05, 0) is 67.7 Å². The van der Waals surface area contributed by atoms with Gasteiger partial charge in [-0.1, -0.05) is 182 Å². The zero-order chi connectivity index (χ0) is 37.7. The first-order valence-corrected chi connectivity index (χ1v) is 19.2. The van der Waals surface area contributed by atoms with Gasteiger partial charge in [0.25, 0.3) is 0 Å². The first kappa shape index (κ1) is 32.7. The van der Waals surface area contributed by atoms with Crippen molar-refractivity contribution in [2.45, 2.75) is 0 Å². The lowest BCUT2D eigenvalue weighted by molar-refractivity contribution is 0.673. The number of aromatic nitrogens is 3. The number of benzene rings is 9. The van der Waals surface area contributed by atoms with Crippen LogP contribution in [0.1, 0.15) is 0 Å². The average molecular weight is 728 g/mol. The largest absolute Gasteiger partial charge is 0.455 e. The van der Waals surface area contributed by atoms with E-state index in [1.165, 1.54) is 16.3 Å². The van der Waals surface area contributed by atoms with Gasteiger partial charge in [0.1, 0.15) is 11.2 Å². The van der Waals surface area contributed by atoms with Crippen molar-refractivity contribution < 1.29 is 4.42 Å². The highest BCUT2D eigenvalue weighted by Crippen LogP contribution is 2.43. The third-order valence-electron chi connectivity index (χ3n) is 10.9. The van der Waals surface area contributed by atoms with Crippen LogP contribution in [0.4, 0.5) is 0 Å². The Balaban J connectivity index is 1.14. The highest BCUT2D eigenvalue weighted by Gasteiger charge is 2.21. The van der Waals surface area contributed by atoms with E-state index >= 15 is 0 Å². The lowest BCUT2D eigenvalue weighted by Crippen LogP contribution is -2.00. The Morgan fingerprint density at radius 2 is 0.789 bits per heavy atom. The molecule has 0 unspecified atom stereocenters. The van der Waals surface area contributed by atoms with E-state index in [0.29, 0.717) is 17.5 Å². The van der Waals surface area contributed by atoms with E-state index in [1.54, 1.807) is 0 Å². The molecule has 4 heteroatoms. The molecule has 2 heterocycles. The molecule has 11 rings (SSSR count). The first-order chi connectivity index (χ1) is 28.2. The smallest absolute Gasteiger partial charge is 0.164 e. The Kier molecular flexibility index (Phi) is 7.78. The van der Waals surface area contributed by atoms with Crippen LogP contribution in [0.2, 0.25) is 0 Å². The topological polar surface area (TPSA) is 51.8 Å². The monoisotopic (exact) mass is 727 g/mol. The molecule has 0 saturated heterocycles. The molecule has 0 aliphatic rings. The van der Waals surface area contributed by atoms with Crippen molar-refractivity contribution in [1.82, 2.24) is 15.0 Å². The summed E-state index contributed by atoms with van der Waals surface area (Å²) >= 11 is 0.